The smallest absolute Gasteiger partial charge is 0.260 e. The zero-order valence-corrected chi connectivity index (χ0v) is 19.8. The second kappa shape index (κ2) is 9.50. The third kappa shape index (κ3) is 4.83. The van der Waals surface area contributed by atoms with Crippen molar-refractivity contribution in [2.24, 2.45) is 0 Å². The zero-order chi connectivity index (χ0) is 22.0. The number of ether oxygens (including phenoxy) is 1. The standard InChI is InChI=1S/C24H26IN3O3/c1-15(31-2)22-4-3-11-28(22)14-16-5-8-18(9-6-16)26-13-21-20-12-17(25)7-10-19(20)23(29)27-24(21)30/h5-10,12-13,15,22,26H,3-4,11,14H2,1-2H3,(H,27,29,30)/b21-13-/t15-,22?/m0/s1. The van der Waals surface area contributed by atoms with Crippen molar-refractivity contribution in [3.63, 3.8) is 0 Å². The Labute approximate surface area is 196 Å². The van der Waals surface area contributed by atoms with Crippen LogP contribution < -0.4 is 10.6 Å². The van der Waals surface area contributed by atoms with Crippen molar-refractivity contribution in [1.82, 2.24) is 10.2 Å². The molecule has 0 radical (unpaired) electrons. The first-order valence-electron chi connectivity index (χ1n) is 10.4. The van der Waals surface area contributed by atoms with Crippen molar-refractivity contribution in [1.29, 1.82) is 0 Å². The first-order valence-corrected chi connectivity index (χ1v) is 11.5. The lowest BCUT2D eigenvalue weighted by Crippen LogP contribution is -2.37. The van der Waals surface area contributed by atoms with Gasteiger partial charge in [-0.25, -0.2) is 0 Å². The summed E-state index contributed by atoms with van der Waals surface area (Å²) in [5.74, 6) is -0.753. The van der Waals surface area contributed by atoms with Crippen LogP contribution in [-0.4, -0.2) is 42.5 Å². The molecule has 2 heterocycles. The number of methoxy groups -OCH3 is 1. The maximum absolute atomic E-state index is 12.4. The van der Waals surface area contributed by atoms with E-state index in [1.165, 1.54) is 18.4 Å². The Hall–Kier alpha value is -2.23. The highest BCUT2D eigenvalue weighted by Crippen LogP contribution is 2.27. The molecule has 162 valence electrons. The van der Waals surface area contributed by atoms with Crippen LogP contribution in [0.3, 0.4) is 0 Å². The molecule has 0 aliphatic carbocycles. The fourth-order valence-corrected chi connectivity index (χ4v) is 4.77. The molecule has 2 aromatic carbocycles. The van der Waals surface area contributed by atoms with E-state index in [4.69, 9.17) is 4.74 Å². The van der Waals surface area contributed by atoms with Crippen LogP contribution in [0.15, 0.2) is 48.7 Å². The molecule has 2 aliphatic rings. The van der Waals surface area contributed by atoms with E-state index >= 15 is 0 Å². The van der Waals surface area contributed by atoms with Crippen LogP contribution in [0, 0.1) is 3.57 Å². The average Bonchev–Trinajstić information content (AvgIpc) is 3.22. The largest absolute Gasteiger partial charge is 0.380 e. The topological polar surface area (TPSA) is 70.7 Å². The number of amides is 2. The Morgan fingerprint density at radius 1 is 1.19 bits per heavy atom. The van der Waals surface area contributed by atoms with E-state index in [0.29, 0.717) is 22.7 Å². The van der Waals surface area contributed by atoms with Gasteiger partial charge in [0.2, 0.25) is 0 Å². The Balaban J connectivity index is 1.47. The number of carbonyl (C=O) groups excluding carboxylic acids is 2. The molecule has 2 aliphatic heterocycles. The minimum Gasteiger partial charge on any atom is -0.380 e. The lowest BCUT2D eigenvalue weighted by Gasteiger charge is -2.28. The molecule has 2 atom stereocenters. The Bertz CT molecular complexity index is 1020. The van der Waals surface area contributed by atoms with Gasteiger partial charge in [-0.05, 0) is 84.8 Å². The van der Waals surface area contributed by atoms with E-state index in [1.807, 2.05) is 24.3 Å². The molecule has 2 amide bonds. The minimum atomic E-state index is -0.393. The molecular weight excluding hydrogens is 505 g/mol. The van der Waals surface area contributed by atoms with Gasteiger partial charge in [0.15, 0.2) is 0 Å². The molecule has 0 bridgehead atoms. The number of hydrogen-bond acceptors (Lipinski definition) is 5. The van der Waals surface area contributed by atoms with Crippen molar-refractivity contribution in [2.45, 2.75) is 38.5 Å². The second-order valence-corrected chi connectivity index (χ2v) is 9.24. The summed E-state index contributed by atoms with van der Waals surface area (Å²) in [5.41, 5.74) is 3.74. The second-order valence-electron chi connectivity index (χ2n) is 7.99. The van der Waals surface area contributed by atoms with Crippen LogP contribution in [0.5, 0.6) is 0 Å². The van der Waals surface area contributed by atoms with Gasteiger partial charge in [-0.3, -0.25) is 19.8 Å². The first-order chi connectivity index (χ1) is 15.0. The maximum atomic E-state index is 12.4. The maximum Gasteiger partial charge on any atom is 0.260 e. The van der Waals surface area contributed by atoms with Gasteiger partial charge in [0.25, 0.3) is 11.8 Å². The minimum absolute atomic E-state index is 0.231. The molecule has 1 fully saturated rings. The van der Waals surface area contributed by atoms with E-state index in [0.717, 1.165) is 22.3 Å². The quantitative estimate of drug-likeness (QED) is 0.335. The van der Waals surface area contributed by atoms with Crippen molar-refractivity contribution >= 4 is 45.7 Å². The van der Waals surface area contributed by atoms with Gasteiger partial charge in [0, 0.05) is 46.3 Å². The molecule has 0 spiro atoms. The fraction of sp³-hybridized carbons (Fsp3) is 0.333. The number of carbonyl (C=O) groups is 2. The molecule has 4 rings (SSSR count). The predicted octanol–water partition coefficient (Wildman–Crippen LogP) is 4.01. The van der Waals surface area contributed by atoms with E-state index in [-0.39, 0.29) is 12.0 Å². The number of nitrogens with zero attached hydrogens (tertiary/aromatic N) is 1. The van der Waals surface area contributed by atoms with E-state index in [9.17, 15) is 9.59 Å². The van der Waals surface area contributed by atoms with Gasteiger partial charge in [-0.2, -0.15) is 0 Å². The summed E-state index contributed by atoms with van der Waals surface area (Å²) in [5, 5.41) is 5.61. The number of anilines is 1. The highest BCUT2D eigenvalue weighted by molar-refractivity contribution is 14.1. The van der Waals surface area contributed by atoms with Crippen LogP contribution in [-0.2, 0) is 16.1 Å². The van der Waals surface area contributed by atoms with E-state index in [1.54, 1.807) is 19.4 Å². The molecule has 1 unspecified atom stereocenters. The van der Waals surface area contributed by atoms with E-state index < -0.39 is 5.91 Å². The van der Waals surface area contributed by atoms with Crippen LogP contribution >= 0.6 is 22.6 Å². The molecule has 2 N–H and O–H groups in total. The van der Waals surface area contributed by atoms with Gasteiger partial charge < -0.3 is 10.1 Å². The number of likely N-dealkylation sites (tertiary alicyclic amines) is 1. The highest BCUT2D eigenvalue weighted by atomic mass is 127. The van der Waals surface area contributed by atoms with Crippen LogP contribution in [0.4, 0.5) is 5.69 Å². The monoisotopic (exact) mass is 531 g/mol. The summed E-state index contributed by atoms with van der Waals surface area (Å²) in [6.07, 6.45) is 4.28. The van der Waals surface area contributed by atoms with Crippen LogP contribution in [0.2, 0.25) is 0 Å². The number of benzene rings is 2. The predicted molar refractivity (Wildman–Crippen MR) is 130 cm³/mol. The number of hydrogen-bond donors (Lipinski definition) is 2. The summed E-state index contributed by atoms with van der Waals surface area (Å²) in [4.78, 5) is 27.0. The van der Waals surface area contributed by atoms with Crippen molar-refractivity contribution in [3.8, 4) is 0 Å². The zero-order valence-electron chi connectivity index (χ0n) is 17.7. The number of nitrogens with one attached hydrogen (secondary N) is 2. The first kappa shape index (κ1) is 22.0. The summed E-state index contributed by atoms with van der Waals surface area (Å²) < 4.78 is 6.52. The molecule has 2 aromatic rings. The van der Waals surface area contributed by atoms with Crippen molar-refractivity contribution < 1.29 is 14.3 Å². The van der Waals surface area contributed by atoms with Crippen LogP contribution in [0.1, 0.15) is 41.3 Å². The Kier molecular flexibility index (Phi) is 6.74. The Morgan fingerprint density at radius 3 is 2.71 bits per heavy atom. The molecule has 1 saturated heterocycles. The molecule has 0 aromatic heterocycles. The lowest BCUT2D eigenvalue weighted by atomic mass is 9.95. The summed E-state index contributed by atoms with van der Waals surface area (Å²) in [6, 6.07) is 14.2. The van der Waals surface area contributed by atoms with Gasteiger partial charge in [0.1, 0.15) is 0 Å². The third-order valence-electron chi connectivity index (χ3n) is 6.04. The molecule has 6 nitrogen and oxygen atoms in total. The van der Waals surface area contributed by atoms with Crippen molar-refractivity contribution in [3.05, 3.63) is 68.9 Å². The van der Waals surface area contributed by atoms with Crippen molar-refractivity contribution in [2.75, 3.05) is 19.0 Å². The molecule has 7 heteroatoms. The molecular formula is C24H26IN3O3. The van der Waals surface area contributed by atoms with Crippen LogP contribution in [0.25, 0.3) is 5.57 Å². The molecule has 31 heavy (non-hydrogen) atoms. The van der Waals surface area contributed by atoms with Gasteiger partial charge in [0.05, 0.1) is 11.7 Å². The number of imide groups is 1. The number of rotatable bonds is 6. The number of fused-ring (bicyclic) bond motifs is 1. The van der Waals surface area contributed by atoms with E-state index in [2.05, 4.69) is 57.2 Å². The summed E-state index contributed by atoms with van der Waals surface area (Å²) in [6.45, 7) is 4.13. The SMILES string of the molecule is CO[C@@H](C)C1CCCN1Cc1ccc(N/C=C2\C(=O)NC(=O)c3ccc(I)cc32)cc1. The summed E-state index contributed by atoms with van der Waals surface area (Å²) in [7, 11) is 1.78. The van der Waals surface area contributed by atoms with Gasteiger partial charge >= 0.3 is 0 Å². The molecule has 0 saturated carbocycles. The van der Waals surface area contributed by atoms with Gasteiger partial charge in [-0.15, -0.1) is 0 Å². The normalized spacial score (nSPS) is 21.1. The Morgan fingerprint density at radius 2 is 1.97 bits per heavy atom. The number of halogens is 1. The average molecular weight is 531 g/mol. The fourth-order valence-electron chi connectivity index (χ4n) is 4.27. The third-order valence-corrected chi connectivity index (χ3v) is 6.71. The highest BCUT2D eigenvalue weighted by Gasteiger charge is 2.29. The van der Waals surface area contributed by atoms with Gasteiger partial charge in [-0.1, -0.05) is 12.1 Å². The lowest BCUT2D eigenvalue weighted by molar-refractivity contribution is -0.114. The summed E-state index contributed by atoms with van der Waals surface area (Å²) >= 11 is 2.18.